The highest BCUT2D eigenvalue weighted by Crippen LogP contribution is 2.25. The molecule has 3 aromatic rings. The molecule has 0 radical (unpaired) electrons. The van der Waals surface area contributed by atoms with Gasteiger partial charge in [-0.05, 0) is 58.5 Å². The van der Waals surface area contributed by atoms with Crippen molar-refractivity contribution in [2.75, 3.05) is 12.4 Å². The van der Waals surface area contributed by atoms with E-state index in [4.69, 9.17) is 16.3 Å². The van der Waals surface area contributed by atoms with E-state index in [1.165, 1.54) is 17.1 Å². The van der Waals surface area contributed by atoms with Gasteiger partial charge in [0.15, 0.2) is 0 Å². The number of carbonyl (C=O) groups excluding carboxylic acids is 1. The van der Waals surface area contributed by atoms with E-state index < -0.39 is 0 Å². The summed E-state index contributed by atoms with van der Waals surface area (Å²) in [6.07, 6.45) is 4.61. The fourth-order valence-corrected chi connectivity index (χ4v) is 2.39. The first-order valence-corrected chi connectivity index (χ1v) is 7.69. The molecule has 1 amide bonds. The van der Waals surface area contributed by atoms with E-state index in [9.17, 15) is 4.79 Å². The lowest BCUT2D eigenvalue weighted by atomic mass is 10.2. The van der Waals surface area contributed by atoms with Gasteiger partial charge >= 0.3 is 0 Å². The molecule has 126 valence electrons. The monoisotopic (exact) mass is 355 g/mol. The number of tetrazole rings is 1. The van der Waals surface area contributed by atoms with Gasteiger partial charge in [-0.25, -0.2) is 4.68 Å². The lowest BCUT2D eigenvalue weighted by Crippen LogP contribution is -2.07. The van der Waals surface area contributed by atoms with E-state index in [2.05, 4.69) is 20.8 Å². The van der Waals surface area contributed by atoms with Crippen LogP contribution in [0.2, 0.25) is 5.02 Å². The normalized spacial score (nSPS) is 10.8. The number of hydrogen-bond acceptors (Lipinski definition) is 5. The SMILES string of the molecule is COc1ccc(C=CC(=O)Nc2ccc(-n3cnnn3)cc2)cc1Cl. The Kier molecular flexibility index (Phi) is 5.06. The van der Waals surface area contributed by atoms with Crippen molar-refractivity contribution in [1.29, 1.82) is 0 Å². The molecule has 0 atom stereocenters. The molecule has 7 nitrogen and oxygen atoms in total. The molecule has 0 fully saturated rings. The van der Waals surface area contributed by atoms with E-state index in [1.807, 2.05) is 6.07 Å². The first kappa shape index (κ1) is 16.7. The Bertz CT molecular complexity index is 892. The third-order valence-electron chi connectivity index (χ3n) is 3.35. The minimum absolute atomic E-state index is 0.248. The molecule has 0 aliphatic heterocycles. The number of aromatic nitrogens is 4. The largest absolute Gasteiger partial charge is 0.495 e. The molecule has 1 heterocycles. The third-order valence-corrected chi connectivity index (χ3v) is 3.65. The van der Waals surface area contributed by atoms with Crippen LogP contribution >= 0.6 is 11.6 Å². The second-order valence-electron chi connectivity index (χ2n) is 5.02. The van der Waals surface area contributed by atoms with Gasteiger partial charge in [-0.3, -0.25) is 4.79 Å². The average molecular weight is 356 g/mol. The zero-order valence-corrected chi connectivity index (χ0v) is 14.0. The Morgan fingerprint density at radius 1 is 1.24 bits per heavy atom. The molecule has 25 heavy (non-hydrogen) atoms. The molecular weight excluding hydrogens is 342 g/mol. The van der Waals surface area contributed by atoms with Crippen molar-refractivity contribution in [3.05, 3.63) is 65.5 Å². The van der Waals surface area contributed by atoms with Gasteiger partial charge in [-0.2, -0.15) is 0 Å². The summed E-state index contributed by atoms with van der Waals surface area (Å²) in [6, 6.07) is 12.4. The van der Waals surface area contributed by atoms with Crippen LogP contribution in [0.15, 0.2) is 54.9 Å². The summed E-state index contributed by atoms with van der Waals surface area (Å²) >= 11 is 6.06. The molecule has 8 heteroatoms. The maximum absolute atomic E-state index is 12.0. The number of amides is 1. The predicted molar refractivity (Wildman–Crippen MR) is 94.8 cm³/mol. The van der Waals surface area contributed by atoms with Crippen molar-refractivity contribution in [3.63, 3.8) is 0 Å². The molecule has 0 aliphatic rings. The number of benzene rings is 2. The van der Waals surface area contributed by atoms with Crippen LogP contribution in [0.3, 0.4) is 0 Å². The van der Waals surface area contributed by atoms with Crippen LogP contribution in [0.1, 0.15) is 5.56 Å². The predicted octanol–water partition coefficient (Wildman–Crippen LogP) is 2.98. The Morgan fingerprint density at radius 3 is 2.68 bits per heavy atom. The van der Waals surface area contributed by atoms with Gasteiger partial charge in [0.1, 0.15) is 12.1 Å². The molecule has 0 unspecified atom stereocenters. The summed E-state index contributed by atoms with van der Waals surface area (Å²) in [5.41, 5.74) is 2.26. The second-order valence-corrected chi connectivity index (χ2v) is 5.43. The number of rotatable bonds is 5. The minimum Gasteiger partial charge on any atom is -0.495 e. The molecule has 0 saturated heterocycles. The lowest BCUT2D eigenvalue weighted by Gasteiger charge is -2.04. The highest BCUT2D eigenvalue weighted by molar-refractivity contribution is 6.32. The van der Waals surface area contributed by atoms with Crippen LogP contribution in [-0.2, 0) is 4.79 Å². The average Bonchev–Trinajstić information content (AvgIpc) is 3.15. The molecule has 0 spiro atoms. The van der Waals surface area contributed by atoms with Crippen LogP contribution < -0.4 is 10.1 Å². The highest BCUT2D eigenvalue weighted by atomic mass is 35.5. The number of methoxy groups -OCH3 is 1. The minimum atomic E-state index is -0.248. The number of halogens is 1. The van der Waals surface area contributed by atoms with E-state index in [0.717, 1.165) is 11.3 Å². The van der Waals surface area contributed by atoms with Gasteiger partial charge < -0.3 is 10.1 Å². The Morgan fingerprint density at radius 2 is 2.04 bits per heavy atom. The van der Waals surface area contributed by atoms with Crippen LogP contribution in [-0.4, -0.2) is 33.2 Å². The maximum atomic E-state index is 12.0. The van der Waals surface area contributed by atoms with Crippen LogP contribution in [0.5, 0.6) is 5.75 Å². The number of carbonyl (C=O) groups is 1. The number of nitrogens with zero attached hydrogens (tertiary/aromatic N) is 4. The van der Waals surface area contributed by atoms with Crippen molar-refractivity contribution in [1.82, 2.24) is 20.2 Å². The standard InChI is InChI=1S/C17H14ClN5O2/c1-25-16-8-2-12(10-15(16)18)3-9-17(24)20-13-4-6-14(7-5-13)23-11-19-21-22-23/h2-11H,1H3,(H,20,24). The first-order chi connectivity index (χ1) is 12.2. The van der Waals surface area contributed by atoms with Gasteiger partial charge in [-0.15, -0.1) is 5.10 Å². The summed E-state index contributed by atoms with van der Waals surface area (Å²) in [5, 5.41) is 14.2. The van der Waals surface area contributed by atoms with Gasteiger partial charge in [0.2, 0.25) is 5.91 Å². The fraction of sp³-hybridized carbons (Fsp3) is 0.0588. The quantitative estimate of drug-likeness (QED) is 0.711. The summed E-state index contributed by atoms with van der Waals surface area (Å²) in [4.78, 5) is 12.0. The fourth-order valence-electron chi connectivity index (χ4n) is 2.12. The summed E-state index contributed by atoms with van der Waals surface area (Å²) in [5.74, 6) is 0.341. The molecule has 1 N–H and O–H groups in total. The van der Waals surface area contributed by atoms with Crippen LogP contribution in [0, 0.1) is 0 Å². The molecule has 0 saturated carbocycles. The van der Waals surface area contributed by atoms with Crippen molar-refractivity contribution in [3.8, 4) is 11.4 Å². The van der Waals surface area contributed by atoms with E-state index >= 15 is 0 Å². The summed E-state index contributed by atoms with van der Waals surface area (Å²) in [7, 11) is 1.55. The molecule has 0 aliphatic carbocycles. The maximum Gasteiger partial charge on any atom is 0.248 e. The zero-order chi connectivity index (χ0) is 17.6. The van der Waals surface area contributed by atoms with Crippen molar-refractivity contribution in [2.45, 2.75) is 0 Å². The van der Waals surface area contributed by atoms with Crippen molar-refractivity contribution >= 4 is 29.3 Å². The highest BCUT2D eigenvalue weighted by Gasteiger charge is 2.02. The number of ether oxygens (including phenoxy) is 1. The van der Waals surface area contributed by atoms with Crippen molar-refractivity contribution in [2.24, 2.45) is 0 Å². The van der Waals surface area contributed by atoms with Gasteiger partial charge in [-0.1, -0.05) is 17.7 Å². The van der Waals surface area contributed by atoms with Crippen LogP contribution in [0.4, 0.5) is 5.69 Å². The molecular formula is C17H14ClN5O2. The van der Waals surface area contributed by atoms with Gasteiger partial charge in [0.05, 0.1) is 17.8 Å². The van der Waals surface area contributed by atoms with Crippen LogP contribution in [0.25, 0.3) is 11.8 Å². The number of nitrogens with one attached hydrogen (secondary N) is 1. The molecule has 1 aromatic heterocycles. The van der Waals surface area contributed by atoms with Crippen molar-refractivity contribution < 1.29 is 9.53 Å². The number of anilines is 1. The number of hydrogen-bond donors (Lipinski definition) is 1. The zero-order valence-electron chi connectivity index (χ0n) is 13.3. The second kappa shape index (κ2) is 7.59. The van der Waals surface area contributed by atoms with Gasteiger partial charge in [0.25, 0.3) is 0 Å². The molecule has 0 bridgehead atoms. The summed E-state index contributed by atoms with van der Waals surface area (Å²) < 4.78 is 6.62. The topological polar surface area (TPSA) is 81.9 Å². The molecule has 3 rings (SSSR count). The Hall–Kier alpha value is -3.19. The third kappa shape index (κ3) is 4.21. The summed E-state index contributed by atoms with van der Waals surface area (Å²) in [6.45, 7) is 0. The Balaban J connectivity index is 1.63. The van der Waals surface area contributed by atoms with E-state index in [0.29, 0.717) is 16.5 Å². The van der Waals surface area contributed by atoms with Gasteiger partial charge in [0, 0.05) is 11.8 Å². The lowest BCUT2D eigenvalue weighted by molar-refractivity contribution is -0.111. The Labute approximate surface area is 148 Å². The first-order valence-electron chi connectivity index (χ1n) is 7.32. The van der Waals surface area contributed by atoms with E-state index in [1.54, 1.807) is 49.6 Å². The molecule has 2 aromatic carbocycles. The van der Waals surface area contributed by atoms with E-state index in [-0.39, 0.29) is 5.91 Å². The smallest absolute Gasteiger partial charge is 0.248 e.